The monoisotopic (exact) mass is 263 g/mol. The molecule has 0 spiro atoms. The Hall–Kier alpha value is -1.69. The number of carbonyl (C=O) groups is 1. The van der Waals surface area contributed by atoms with Gasteiger partial charge in [-0.05, 0) is 33.3 Å². The van der Waals surface area contributed by atoms with Crippen molar-refractivity contribution in [2.75, 3.05) is 18.0 Å². The number of nitrogens with one attached hydrogen (secondary N) is 1. The summed E-state index contributed by atoms with van der Waals surface area (Å²) in [5.74, 6) is 0.729. The first-order valence-electron chi connectivity index (χ1n) is 6.48. The van der Waals surface area contributed by atoms with E-state index < -0.39 is 5.54 Å². The van der Waals surface area contributed by atoms with Crippen molar-refractivity contribution in [2.45, 2.75) is 39.8 Å². The van der Waals surface area contributed by atoms with Gasteiger partial charge in [-0.15, -0.1) is 5.10 Å². The number of nitrogens with two attached hydrogens (primary N) is 1. The van der Waals surface area contributed by atoms with Crippen LogP contribution in [0.3, 0.4) is 0 Å². The second-order valence-corrected chi connectivity index (χ2v) is 5.38. The number of carbonyl (C=O) groups excluding carboxylic acids is 1. The summed E-state index contributed by atoms with van der Waals surface area (Å²) < 4.78 is 0. The van der Waals surface area contributed by atoms with Crippen LogP contribution in [-0.4, -0.2) is 34.7 Å². The van der Waals surface area contributed by atoms with E-state index in [4.69, 9.17) is 5.73 Å². The first-order valence-corrected chi connectivity index (χ1v) is 6.48. The number of aromatic nitrogens is 2. The van der Waals surface area contributed by atoms with Crippen molar-refractivity contribution in [2.24, 2.45) is 5.73 Å². The van der Waals surface area contributed by atoms with Crippen LogP contribution in [0, 0.1) is 13.8 Å². The lowest BCUT2D eigenvalue weighted by molar-refractivity contribution is -0.126. The highest BCUT2D eigenvalue weighted by molar-refractivity contribution is 5.90. The summed E-state index contributed by atoms with van der Waals surface area (Å²) in [6.07, 6.45) is 0. The number of aryl methyl sites for hydroxylation is 1. The molecule has 1 aromatic rings. The summed E-state index contributed by atoms with van der Waals surface area (Å²) in [4.78, 5) is 14.0. The third kappa shape index (κ3) is 2.16. The fourth-order valence-electron chi connectivity index (χ4n) is 2.38. The molecule has 104 valence electrons. The number of anilines is 1. The summed E-state index contributed by atoms with van der Waals surface area (Å²) in [6.45, 7) is 9.40. The molecule has 0 bridgehead atoms. The molecular weight excluding hydrogens is 242 g/mol. The number of nitrogens with zero attached hydrogens (tertiary/aromatic N) is 3. The summed E-state index contributed by atoms with van der Waals surface area (Å²) in [6, 6.07) is 0. The van der Waals surface area contributed by atoms with Crippen molar-refractivity contribution in [3.8, 4) is 0 Å². The maximum absolute atomic E-state index is 12.0. The normalized spacial score (nSPS) is 18.4. The zero-order valence-corrected chi connectivity index (χ0v) is 11.9. The Morgan fingerprint density at radius 3 is 2.68 bits per heavy atom. The molecule has 1 aliphatic heterocycles. The molecule has 2 heterocycles. The number of hydrogen-bond acceptors (Lipinski definition) is 5. The number of amides is 1. The van der Waals surface area contributed by atoms with E-state index in [1.807, 2.05) is 32.6 Å². The molecule has 1 aliphatic rings. The van der Waals surface area contributed by atoms with Gasteiger partial charge in [-0.3, -0.25) is 4.79 Å². The van der Waals surface area contributed by atoms with Crippen LogP contribution < -0.4 is 16.0 Å². The Bertz CT molecular complexity index is 512. The molecule has 0 aromatic carbocycles. The van der Waals surface area contributed by atoms with Gasteiger partial charge in [0.05, 0.1) is 5.69 Å². The van der Waals surface area contributed by atoms with Crippen LogP contribution in [0.5, 0.6) is 0 Å². The van der Waals surface area contributed by atoms with Gasteiger partial charge in [0.1, 0.15) is 5.54 Å². The molecule has 0 unspecified atom stereocenters. The number of piperazine rings is 1. The van der Waals surface area contributed by atoms with Gasteiger partial charge in [0.25, 0.3) is 0 Å². The van der Waals surface area contributed by atoms with Crippen LogP contribution in [0.4, 0.5) is 5.82 Å². The van der Waals surface area contributed by atoms with Crippen LogP contribution in [0.1, 0.15) is 30.7 Å². The quantitative estimate of drug-likeness (QED) is 0.800. The van der Waals surface area contributed by atoms with Gasteiger partial charge in [0, 0.05) is 25.2 Å². The van der Waals surface area contributed by atoms with Crippen molar-refractivity contribution in [3.63, 3.8) is 0 Å². The predicted molar refractivity (Wildman–Crippen MR) is 73.8 cm³/mol. The maximum Gasteiger partial charge on any atom is 0.245 e. The SMILES string of the molecule is Cc1nnc(N2CCNC(=O)C2(C)C)c(CN)c1C. The van der Waals surface area contributed by atoms with Crippen molar-refractivity contribution < 1.29 is 4.79 Å². The molecule has 1 saturated heterocycles. The van der Waals surface area contributed by atoms with E-state index >= 15 is 0 Å². The van der Waals surface area contributed by atoms with Gasteiger partial charge in [0.2, 0.25) is 5.91 Å². The Balaban J connectivity index is 2.52. The Kier molecular flexibility index (Phi) is 3.45. The van der Waals surface area contributed by atoms with Crippen molar-refractivity contribution in [1.82, 2.24) is 15.5 Å². The zero-order valence-electron chi connectivity index (χ0n) is 11.9. The van der Waals surface area contributed by atoms with Crippen molar-refractivity contribution in [1.29, 1.82) is 0 Å². The minimum absolute atomic E-state index is 0.00162. The van der Waals surface area contributed by atoms with Gasteiger partial charge >= 0.3 is 0 Å². The van der Waals surface area contributed by atoms with E-state index in [-0.39, 0.29) is 5.91 Å². The average molecular weight is 263 g/mol. The van der Waals surface area contributed by atoms with Gasteiger partial charge < -0.3 is 16.0 Å². The molecule has 6 heteroatoms. The van der Waals surface area contributed by atoms with E-state index in [1.165, 1.54) is 0 Å². The molecule has 0 atom stereocenters. The third-order valence-electron chi connectivity index (χ3n) is 3.87. The highest BCUT2D eigenvalue weighted by atomic mass is 16.2. The summed E-state index contributed by atoms with van der Waals surface area (Å²) in [7, 11) is 0. The minimum Gasteiger partial charge on any atom is -0.352 e. The second-order valence-electron chi connectivity index (χ2n) is 5.38. The van der Waals surface area contributed by atoms with Crippen LogP contribution in [-0.2, 0) is 11.3 Å². The third-order valence-corrected chi connectivity index (χ3v) is 3.87. The summed E-state index contributed by atoms with van der Waals surface area (Å²) >= 11 is 0. The Morgan fingerprint density at radius 2 is 2.05 bits per heavy atom. The first-order chi connectivity index (χ1) is 8.89. The molecule has 1 aromatic heterocycles. The first kappa shape index (κ1) is 13.7. The lowest BCUT2D eigenvalue weighted by Crippen LogP contribution is -2.62. The minimum atomic E-state index is -0.640. The lowest BCUT2D eigenvalue weighted by atomic mass is 9.97. The van der Waals surface area contributed by atoms with Crippen molar-refractivity contribution in [3.05, 3.63) is 16.8 Å². The maximum atomic E-state index is 12.0. The topological polar surface area (TPSA) is 84.1 Å². The van der Waals surface area contributed by atoms with Crippen molar-refractivity contribution >= 4 is 11.7 Å². The molecule has 6 nitrogen and oxygen atoms in total. The molecule has 1 fully saturated rings. The smallest absolute Gasteiger partial charge is 0.245 e. The molecule has 0 aliphatic carbocycles. The summed E-state index contributed by atoms with van der Waals surface area (Å²) in [5, 5.41) is 11.3. The van der Waals surface area contributed by atoms with E-state index in [1.54, 1.807) is 0 Å². The van der Waals surface area contributed by atoms with Gasteiger partial charge in [-0.25, -0.2) is 0 Å². The molecule has 0 saturated carbocycles. The molecular formula is C13H21N5O. The van der Waals surface area contributed by atoms with Gasteiger partial charge in [0.15, 0.2) is 5.82 Å². The second kappa shape index (κ2) is 4.77. The molecule has 0 radical (unpaired) electrons. The van der Waals surface area contributed by atoms with E-state index in [9.17, 15) is 4.79 Å². The highest BCUT2D eigenvalue weighted by Crippen LogP contribution is 2.29. The molecule has 19 heavy (non-hydrogen) atoms. The molecule has 1 amide bonds. The number of rotatable bonds is 2. The highest BCUT2D eigenvalue weighted by Gasteiger charge is 2.39. The van der Waals surface area contributed by atoms with E-state index in [2.05, 4.69) is 15.5 Å². The standard InChI is InChI=1S/C13H21N5O/c1-8-9(2)16-17-11(10(8)7-14)18-6-5-15-12(19)13(18,3)4/h5-7,14H2,1-4H3,(H,15,19). The largest absolute Gasteiger partial charge is 0.352 e. The fraction of sp³-hybridized carbons (Fsp3) is 0.615. The molecule has 2 rings (SSSR count). The van der Waals surface area contributed by atoms with Crippen LogP contribution in [0.25, 0.3) is 0 Å². The lowest BCUT2D eigenvalue weighted by Gasteiger charge is -2.42. The Morgan fingerprint density at radius 1 is 1.37 bits per heavy atom. The van der Waals surface area contributed by atoms with Crippen LogP contribution >= 0.6 is 0 Å². The van der Waals surface area contributed by atoms with Gasteiger partial charge in [-0.1, -0.05) is 0 Å². The predicted octanol–water partition coefficient (Wildman–Crippen LogP) is 0.267. The van der Waals surface area contributed by atoms with Crippen LogP contribution in [0.2, 0.25) is 0 Å². The zero-order chi connectivity index (χ0) is 14.2. The van der Waals surface area contributed by atoms with Crippen LogP contribution in [0.15, 0.2) is 0 Å². The summed E-state index contributed by atoms with van der Waals surface area (Å²) in [5.41, 5.74) is 8.11. The Labute approximate surface area is 113 Å². The van der Waals surface area contributed by atoms with E-state index in [0.717, 1.165) is 22.6 Å². The molecule has 3 N–H and O–H groups in total. The average Bonchev–Trinajstić information content (AvgIpc) is 2.36. The van der Waals surface area contributed by atoms with Gasteiger partial charge in [-0.2, -0.15) is 5.10 Å². The fourth-order valence-corrected chi connectivity index (χ4v) is 2.38. The number of hydrogen-bond donors (Lipinski definition) is 2. The van der Waals surface area contributed by atoms with E-state index in [0.29, 0.717) is 19.6 Å².